The lowest BCUT2D eigenvalue weighted by Crippen LogP contribution is -1.90. The van der Waals surface area contributed by atoms with Crippen molar-refractivity contribution < 1.29 is 0 Å². The summed E-state index contributed by atoms with van der Waals surface area (Å²) in [6.07, 6.45) is 0.801. The van der Waals surface area contributed by atoms with Gasteiger partial charge in [0.25, 0.3) is 0 Å². The van der Waals surface area contributed by atoms with Crippen molar-refractivity contribution >= 4 is 16.7 Å². The van der Waals surface area contributed by atoms with Gasteiger partial charge in [-0.1, -0.05) is 36.4 Å². The average Bonchev–Trinajstić information content (AvgIpc) is 2.74. The molecule has 0 spiro atoms. The molecule has 3 rings (SSSR count). The molecule has 3 N–H and O–H groups in total. The molecule has 17 heavy (non-hydrogen) atoms. The minimum absolute atomic E-state index is 0.720. The molecule has 1 heterocycles. The number of aromatic amines is 1. The Morgan fingerprint density at radius 3 is 2.59 bits per heavy atom. The van der Waals surface area contributed by atoms with Crippen LogP contribution < -0.4 is 5.73 Å². The van der Waals surface area contributed by atoms with Crippen molar-refractivity contribution in [3.63, 3.8) is 0 Å². The van der Waals surface area contributed by atoms with Crippen LogP contribution in [0.25, 0.3) is 11.0 Å². The summed E-state index contributed by atoms with van der Waals surface area (Å²) in [7, 11) is 0. The number of aromatic nitrogens is 2. The zero-order valence-electron chi connectivity index (χ0n) is 9.35. The molecule has 0 bridgehead atoms. The summed E-state index contributed by atoms with van der Waals surface area (Å²) in [5.41, 5.74) is 9.70. The van der Waals surface area contributed by atoms with E-state index in [0.29, 0.717) is 0 Å². The number of imidazole rings is 1. The molecular weight excluding hydrogens is 210 g/mol. The summed E-state index contributed by atoms with van der Waals surface area (Å²) in [6, 6.07) is 16.1. The average molecular weight is 223 g/mol. The zero-order valence-corrected chi connectivity index (χ0v) is 9.35. The summed E-state index contributed by atoms with van der Waals surface area (Å²) < 4.78 is 0. The van der Waals surface area contributed by atoms with E-state index in [2.05, 4.69) is 22.1 Å². The molecule has 0 atom stereocenters. The van der Waals surface area contributed by atoms with Crippen LogP contribution in [0, 0.1) is 0 Å². The third kappa shape index (κ3) is 1.87. The van der Waals surface area contributed by atoms with Crippen molar-refractivity contribution in [1.82, 2.24) is 9.97 Å². The molecule has 0 unspecified atom stereocenters. The second kappa shape index (κ2) is 3.94. The molecule has 0 aliphatic rings. The van der Waals surface area contributed by atoms with E-state index in [4.69, 9.17) is 5.73 Å². The second-order valence-electron chi connectivity index (χ2n) is 4.09. The van der Waals surface area contributed by atoms with E-state index in [1.54, 1.807) is 0 Å². The van der Waals surface area contributed by atoms with E-state index in [0.717, 1.165) is 29.0 Å². The van der Waals surface area contributed by atoms with Crippen LogP contribution in [0.2, 0.25) is 0 Å². The van der Waals surface area contributed by atoms with Crippen molar-refractivity contribution in [1.29, 1.82) is 0 Å². The van der Waals surface area contributed by atoms with Crippen LogP contribution in [0.3, 0.4) is 0 Å². The number of nitrogens with zero attached hydrogens (tertiary/aromatic N) is 1. The van der Waals surface area contributed by atoms with Crippen molar-refractivity contribution in [3.05, 3.63) is 59.9 Å². The number of H-pyrrole nitrogens is 1. The number of hydrogen-bond donors (Lipinski definition) is 2. The summed E-state index contributed by atoms with van der Waals surface area (Å²) in [4.78, 5) is 7.82. The van der Waals surface area contributed by atoms with E-state index in [-0.39, 0.29) is 0 Å². The maximum Gasteiger partial charge on any atom is 0.111 e. The van der Waals surface area contributed by atoms with E-state index in [1.807, 2.05) is 36.4 Å². The second-order valence-corrected chi connectivity index (χ2v) is 4.09. The Kier molecular flexibility index (Phi) is 2.29. The standard InChI is InChI=1S/C14H13N3/c15-11-7-4-8-12-14(11)17-13(16-12)9-10-5-2-1-3-6-10/h1-8H,9,15H2,(H,16,17). The van der Waals surface area contributed by atoms with Crippen molar-refractivity contribution in [2.45, 2.75) is 6.42 Å². The van der Waals surface area contributed by atoms with Gasteiger partial charge in [0.1, 0.15) is 11.3 Å². The molecule has 3 heteroatoms. The van der Waals surface area contributed by atoms with Gasteiger partial charge in [-0.05, 0) is 17.7 Å². The Hall–Kier alpha value is -2.29. The van der Waals surface area contributed by atoms with Crippen LogP contribution in [-0.2, 0) is 6.42 Å². The van der Waals surface area contributed by atoms with E-state index >= 15 is 0 Å². The van der Waals surface area contributed by atoms with Crippen molar-refractivity contribution in [2.75, 3.05) is 5.73 Å². The number of hydrogen-bond acceptors (Lipinski definition) is 2. The summed E-state index contributed by atoms with van der Waals surface area (Å²) >= 11 is 0. The highest BCUT2D eigenvalue weighted by molar-refractivity contribution is 5.86. The highest BCUT2D eigenvalue weighted by Crippen LogP contribution is 2.19. The molecule has 0 fully saturated rings. The van der Waals surface area contributed by atoms with Gasteiger partial charge < -0.3 is 10.7 Å². The molecule has 2 aromatic carbocycles. The number of para-hydroxylation sites is 1. The largest absolute Gasteiger partial charge is 0.397 e. The van der Waals surface area contributed by atoms with Crippen LogP contribution in [0.4, 0.5) is 5.69 Å². The molecule has 0 radical (unpaired) electrons. The fourth-order valence-electron chi connectivity index (χ4n) is 1.98. The SMILES string of the molecule is Nc1cccc2[nH]c(Cc3ccccc3)nc12. The molecule has 0 saturated carbocycles. The maximum absolute atomic E-state index is 5.88. The number of fused-ring (bicyclic) bond motifs is 1. The van der Waals surface area contributed by atoms with Gasteiger partial charge in [-0.2, -0.15) is 0 Å². The first kappa shape index (κ1) is 9.90. The summed E-state index contributed by atoms with van der Waals surface area (Å²) in [5, 5.41) is 0. The smallest absolute Gasteiger partial charge is 0.111 e. The Balaban J connectivity index is 1.99. The van der Waals surface area contributed by atoms with Gasteiger partial charge in [0.2, 0.25) is 0 Å². The zero-order chi connectivity index (χ0) is 11.7. The molecule has 0 amide bonds. The Bertz CT molecular complexity index is 641. The predicted octanol–water partition coefficient (Wildman–Crippen LogP) is 2.74. The number of benzene rings is 2. The quantitative estimate of drug-likeness (QED) is 0.656. The third-order valence-corrected chi connectivity index (χ3v) is 2.81. The molecule has 0 aliphatic carbocycles. The lowest BCUT2D eigenvalue weighted by atomic mass is 10.1. The van der Waals surface area contributed by atoms with Crippen LogP contribution >= 0.6 is 0 Å². The van der Waals surface area contributed by atoms with Gasteiger partial charge in [-0.15, -0.1) is 0 Å². The van der Waals surface area contributed by atoms with Crippen LogP contribution in [0.1, 0.15) is 11.4 Å². The minimum Gasteiger partial charge on any atom is -0.397 e. The Morgan fingerprint density at radius 2 is 1.82 bits per heavy atom. The van der Waals surface area contributed by atoms with Gasteiger partial charge >= 0.3 is 0 Å². The monoisotopic (exact) mass is 223 g/mol. The number of anilines is 1. The first-order valence-electron chi connectivity index (χ1n) is 5.60. The van der Waals surface area contributed by atoms with E-state index < -0.39 is 0 Å². The number of nitrogens with two attached hydrogens (primary N) is 1. The van der Waals surface area contributed by atoms with Gasteiger partial charge in [-0.3, -0.25) is 0 Å². The molecule has 84 valence electrons. The number of rotatable bonds is 2. The van der Waals surface area contributed by atoms with Crippen molar-refractivity contribution in [2.24, 2.45) is 0 Å². The van der Waals surface area contributed by atoms with Crippen LogP contribution in [0.15, 0.2) is 48.5 Å². The lowest BCUT2D eigenvalue weighted by Gasteiger charge is -1.96. The predicted molar refractivity (Wildman–Crippen MR) is 69.8 cm³/mol. The molecule has 0 saturated heterocycles. The molecule has 3 nitrogen and oxygen atoms in total. The van der Waals surface area contributed by atoms with Crippen LogP contribution in [-0.4, -0.2) is 9.97 Å². The van der Waals surface area contributed by atoms with Crippen LogP contribution in [0.5, 0.6) is 0 Å². The van der Waals surface area contributed by atoms with Gasteiger partial charge in [0, 0.05) is 6.42 Å². The van der Waals surface area contributed by atoms with Gasteiger partial charge in [0.05, 0.1) is 11.2 Å². The normalized spacial score (nSPS) is 10.8. The fraction of sp³-hybridized carbons (Fsp3) is 0.0714. The number of nitrogen functional groups attached to an aromatic ring is 1. The third-order valence-electron chi connectivity index (χ3n) is 2.81. The summed E-state index contributed by atoms with van der Waals surface area (Å²) in [5.74, 6) is 0.948. The molecule has 0 aliphatic heterocycles. The lowest BCUT2D eigenvalue weighted by molar-refractivity contribution is 1.04. The summed E-state index contributed by atoms with van der Waals surface area (Å²) in [6.45, 7) is 0. The maximum atomic E-state index is 5.88. The highest BCUT2D eigenvalue weighted by Gasteiger charge is 2.05. The Morgan fingerprint density at radius 1 is 1.00 bits per heavy atom. The molecular formula is C14H13N3. The van der Waals surface area contributed by atoms with Crippen molar-refractivity contribution in [3.8, 4) is 0 Å². The van der Waals surface area contributed by atoms with Gasteiger partial charge in [0.15, 0.2) is 0 Å². The minimum atomic E-state index is 0.720. The fourth-order valence-corrected chi connectivity index (χ4v) is 1.98. The molecule has 3 aromatic rings. The van der Waals surface area contributed by atoms with E-state index in [9.17, 15) is 0 Å². The molecule has 1 aromatic heterocycles. The first-order chi connectivity index (χ1) is 8.33. The highest BCUT2D eigenvalue weighted by atomic mass is 14.9. The van der Waals surface area contributed by atoms with Gasteiger partial charge in [-0.25, -0.2) is 4.98 Å². The van der Waals surface area contributed by atoms with E-state index in [1.165, 1.54) is 5.56 Å². The topological polar surface area (TPSA) is 54.7 Å². The first-order valence-corrected chi connectivity index (χ1v) is 5.60. The Labute approximate surface area is 99.3 Å². The number of nitrogens with one attached hydrogen (secondary N) is 1.